The molecular formula is C9H12BrClN2O2S. The Bertz CT molecular complexity index is 465. The lowest BCUT2D eigenvalue weighted by Crippen LogP contribution is -2.30. The molecule has 0 aliphatic carbocycles. The van der Waals surface area contributed by atoms with Crippen LogP contribution in [0.1, 0.15) is 0 Å². The van der Waals surface area contributed by atoms with Crippen molar-refractivity contribution in [3.05, 3.63) is 27.7 Å². The summed E-state index contributed by atoms with van der Waals surface area (Å²) in [7, 11) is -1.71. The van der Waals surface area contributed by atoms with Gasteiger partial charge in [-0.15, -0.1) is 0 Å². The van der Waals surface area contributed by atoms with Gasteiger partial charge in [-0.2, -0.15) is 0 Å². The van der Waals surface area contributed by atoms with Gasteiger partial charge in [0.15, 0.2) is 0 Å². The number of nitrogens with one attached hydrogen (secondary N) is 2. The first-order chi connectivity index (χ1) is 7.47. The molecule has 7 heteroatoms. The van der Waals surface area contributed by atoms with E-state index in [0.29, 0.717) is 22.6 Å². The van der Waals surface area contributed by atoms with Gasteiger partial charge in [0.1, 0.15) is 0 Å². The molecule has 0 spiro atoms. The lowest BCUT2D eigenvalue weighted by atomic mass is 10.4. The number of halogens is 2. The van der Waals surface area contributed by atoms with Crippen LogP contribution >= 0.6 is 27.5 Å². The normalized spacial score (nSPS) is 11.7. The van der Waals surface area contributed by atoms with Gasteiger partial charge in [0.05, 0.1) is 9.92 Å². The van der Waals surface area contributed by atoms with Gasteiger partial charge in [-0.05, 0) is 41.2 Å². The van der Waals surface area contributed by atoms with Crippen molar-refractivity contribution in [3.63, 3.8) is 0 Å². The average Bonchev–Trinajstić information content (AvgIpc) is 2.22. The molecule has 1 aromatic carbocycles. The molecule has 0 unspecified atom stereocenters. The second-order valence-corrected chi connectivity index (χ2v) is 6.11. The summed E-state index contributed by atoms with van der Waals surface area (Å²) < 4.78 is 26.6. The summed E-state index contributed by atoms with van der Waals surface area (Å²) in [5.74, 6) is 0. The molecule has 0 saturated carbocycles. The highest BCUT2D eigenvalue weighted by molar-refractivity contribution is 9.10. The lowest BCUT2D eigenvalue weighted by molar-refractivity contribution is 0.579. The fourth-order valence-electron chi connectivity index (χ4n) is 1.04. The molecule has 0 aliphatic rings. The Morgan fingerprint density at radius 2 is 2.06 bits per heavy atom. The van der Waals surface area contributed by atoms with Crippen molar-refractivity contribution < 1.29 is 8.42 Å². The second-order valence-electron chi connectivity index (χ2n) is 3.08. The van der Waals surface area contributed by atoms with Crippen molar-refractivity contribution in [2.24, 2.45) is 0 Å². The fourth-order valence-corrected chi connectivity index (χ4v) is 2.59. The Kier molecular flexibility index (Phi) is 5.20. The van der Waals surface area contributed by atoms with E-state index in [1.807, 2.05) is 0 Å². The molecule has 0 radical (unpaired) electrons. The molecular weight excluding hydrogens is 316 g/mol. The zero-order chi connectivity index (χ0) is 12.2. The molecule has 0 aliphatic heterocycles. The molecule has 1 rings (SSSR count). The second kappa shape index (κ2) is 5.97. The van der Waals surface area contributed by atoms with E-state index in [-0.39, 0.29) is 4.90 Å². The third kappa shape index (κ3) is 3.71. The van der Waals surface area contributed by atoms with E-state index >= 15 is 0 Å². The molecule has 0 heterocycles. The topological polar surface area (TPSA) is 58.2 Å². The third-order valence-corrected chi connectivity index (χ3v) is 4.56. The standard InChI is InChI=1S/C9H12BrClN2O2S/c1-12-4-5-13-16(14,15)7-2-3-8(10)9(11)6-7/h2-3,6,12-13H,4-5H2,1H3. The van der Waals surface area contributed by atoms with Crippen molar-refractivity contribution in [1.29, 1.82) is 0 Å². The van der Waals surface area contributed by atoms with E-state index < -0.39 is 10.0 Å². The summed E-state index contributed by atoms with van der Waals surface area (Å²) in [5, 5.41) is 3.22. The van der Waals surface area contributed by atoms with Crippen LogP contribution in [0.5, 0.6) is 0 Å². The van der Waals surface area contributed by atoms with Gasteiger partial charge < -0.3 is 5.32 Å². The maximum absolute atomic E-state index is 11.8. The lowest BCUT2D eigenvalue weighted by Gasteiger charge is -2.07. The number of hydrogen-bond acceptors (Lipinski definition) is 3. The fraction of sp³-hybridized carbons (Fsp3) is 0.333. The SMILES string of the molecule is CNCCNS(=O)(=O)c1ccc(Br)c(Cl)c1. The van der Waals surface area contributed by atoms with E-state index in [1.54, 1.807) is 13.1 Å². The molecule has 0 amide bonds. The first-order valence-corrected chi connectivity index (χ1v) is 7.22. The van der Waals surface area contributed by atoms with Gasteiger partial charge >= 0.3 is 0 Å². The van der Waals surface area contributed by atoms with Gasteiger partial charge in [0.25, 0.3) is 0 Å². The van der Waals surface area contributed by atoms with Crippen LogP contribution in [-0.4, -0.2) is 28.6 Å². The summed E-state index contributed by atoms with van der Waals surface area (Å²) in [4.78, 5) is 0.164. The monoisotopic (exact) mass is 326 g/mol. The molecule has 0 bridgehead atoms. The average molecular weight is 328 g/mol. The van der Waals surface area contributed by atoms with Crippen LogP contribution in [-0.2, 0) is 10.0 Å². The Labute approximate surface area is 109 Å². The van der Waals surface area contributed by atoms with E-state index in [1.165, 1.54) is 12.1 Å². The predicted molar refractivity (Wildman–Crippen MR) is 68.3 cm³/mol. The van der Waals surface area contributed by atoms with Crippen molar-refractivity contribution in [3.8, 4) is 0 Å². The molecule has 2 N–H and O–H groups in total. The number of sulfonamides is 1. The van der Waals surface area contributed by atoms with Crippen LogP contribution in [0.25, 0.3) is 0 Å². The summed E-state index contributed by atoms with van der Waals surface area (Å²) in [6.45, 7) is 0.913. The van der Waals surface area contributed by atoms with Crippen LogP contribution in [0.4, 0.5) is 0 Å². The van der Waals surface area contributed by atoms with Gasteiger partial charge in [-0.1, -0.05) is 11.6 Å². The van der Waals surface area contributed by atoms with E-state index in [0.717, 1.165) is 0 Å². The Balaban J connectivity index is 2.86. The van der Waals surface area contributed by atoms with Crippen LogP contribution in [0.2, 0.25) is 5.02 Å². The van der Waals surface area contributed by atoms with Crippen LogP contribution < -0.4 is 10.0 Å². The highest BCUT2D eigenvalue weighted by atomic mass is 79.9. The molecule has 0 saturated heterocycles. The first-order valence-electron chi connectivity index (χ1n) is 4.56. The van der Waals surface area contributed by atoms with Crippen LogP contribution in [0.15, 0.2) is 27.6 Å². The predicted octanol–water partition coefficient (Wildman–Crippen LogP) is 1.60. The summed E-state index contributed by atoms with van der Waals surface area (Å²) in [5.41, 5.74) is 0. The van der Waals surface area contributed by atoms with Gasteiger partial charge in [0, 0.05) is 17.6 Å². The minimum Gasteiger partial charge on any atom is -0.318 e. The summed E-state index contributed by atoms with van der Waals surface area (Å²) in [6, 6.07) is 4.51. The van der Waals surface area contributed by atoms with Crippen LogP contribution in [0.3, 0.4) is 0 Å². The van der Waals surface area contributed by atoms with Crippen molar-refractivity contribution in [1.82, 2.24) is 10.0 Å². The van der Waals surface area contributed by atoms with Crippen molar-refractivity contribution in [2.75, 3.05) is 20.1 Å². The first kappa shape index (κ1) is 13.9. The zero-order valence-corrected chi connectivity index (χ0v) is 11.8. The number of likely N-dealkylation sites (N-methyl/N-ethyl adjacent to an activating group) is 1. The minimum absolute atomic E-state index is 0.164. The molecule has 16 heavy (non-hydrogen) atoms. The number of rotatable bonds is 5. The Hall–Kier alpha value is -0.140. The minimum atomic E-state index is -3.47. The largest absolute Gasteiger partial charge is 0.318 e. The number of hydrogen-bond donors (Lipinski definition) is 2. The van der Waals surface area contributed by atoms with Crippen molar-refractivity contribution >= 4 is 37.6 Å². The summed E-state index contributed by atoms with van der Waals surface area (Å²) in [6.07, 6.45) is 0. The molecule has 90 valence electrons. The molecule has 0 aromatic heterocycles. The van der Waals surface area contributed by atoms with E-state index in [9.17, 15) is 8.42 Å². The van der Waals surface area contributed by atoms with Gasteiger partial charge in [-0.3, -0.25) is 0 Å². The molecule has 0 fully saturated rings. The van der Waals surface area contributed by atoms with E-state index in [2.05, 4.69) is 26.0 Å². The molecule has 4 nitrogen and oxygen atoms in total. The Morgan fingerprint density at radius 3 is 2.62 bits per heavy atom. The Morgan fingerprint density at radius 1 is 1.38 bits per heavy atom. The van der Waals surface area contributed by atoms with E-state index in [4.69, 9.17) is 11.6 Å². The quantitative estimate of drug-likeness (QED) is 0.808. The van der Waals surface area contributed by atoms with Gasteiger partial charge in [0.2, 0.25) is 10.0 Å². The molecule has 0 atom stereocenters. The highest BCUT2D eigenvalue weighted by Crippen LogP contribution is 2.24. The maximum atomic E-state index is 11.8. The summed E-state index contributed by atoms with van der Waals surface area (Å²) >= 11 is 9.03. The van der Waals surface area contributed by atoms with Crippen molar-refractivity contribution in [2.45, 2.75) is 4.90 Å². The van der Waals surface area contributed by atoms with Gasteiger partial charge in [-0.25, -0.2) is 13.1 Å². The number of benzene rings is 1. The highest BCUT2D eigenvalue weighted by Gasteiger charge is 2.14. The smallest absolute Gasteiger partial charge is 0.240 e. The third-order valence-electron chi connectivity index (χ3n) is 1.87. The maximum Gasteiger partial charge on any atom is 0.240 e. The van der Waals surface area contributed by atoms with Crippen LogP contribution in [0, 0.1) is 0 Å². The molecule has 1 aromatic rings. The zero-order valence-electron chi connectivity index (χ0n) is 8.63.